The van der Waals surface area contributed by atoms with Crippen LogP contribution in [0.4, 0.5) is 5.69 Å². The number of carbonyl (C=O) groups excluding carboxylic acids is 2. The Morgan fingerprint density at radius 2 is 2.00 bits per heavy atom. The molecule has 1 saturated carbocycles. The number of hydrogen-bond acceptors (Lipinski definition) is 4. The summed E-state index contributed by atoms with van der Waals surface area (Å²) >= 11 is 0. The molecule has 0 aliphatic heterocycles. The number of nitrogens with zero attached hydrogens (tertiary/aromatic N) is 1. The number of nitrogens with one attached hydrogen (secondary N) is 1. The van der Waals surface area contributed by atoms with E-state index < -0.39 is 11.3 Å². The molecule has 1 aromatic carbocycles. The maximum atomic E-state index is 12.3. The Morgan fingerprint density at radius 3 is 2.50 bits per heavy atom. The minimum Gasteiger partial charge on any atom is -0.409 e. The molecule has 1 aromatic rings. The third-order valence-electron chi connectivity index (χ3n) is 3.64. The van der Waals surface area contributed by atoms with Gasteiger partial charge < -0.3 is 22.0 Å². The first kappa shape index (κ1) is 13.9. The number of hydrogen-bond donors (Lipinski definition) is 4. The first-order valence-corrected chi connectivity index (χ1v) is 6.19. The molecule has 0 heterocycles. The van der Waals surface area contributed by atoms with Crippen LogP contribution in [0.15, 0.2) is 29.4 Å². The third kappa shape index (κ3) is 2.29. The lowest BCUT2D eigenvalue weighted by Crippen LogP contribution is -2.51. The summed E-state index contributed by atoms with van der Waals surface area (Å²) in [5.41, 5.74) is 10.6. The predicted molar refractivity (Wildman–Crippen MR) is 73.3 cm³/mol. The Labute approximate surface area is 115 Å². The number of benzene rings is 1. The van der Waals surface area contributed by atoms with Gasteiger partial charge in [0.15, 0.2) is 5.84 Å². The van der Waals surface area contributed by atoms with Crippen LogP contribution in [0.2, 0.25) is 0 Å². The maximum Gasteiger partial charge on any atom is 0.248 e. The second kappa shape index (κ2) is 5.20. The van der Waals surface area contributed by atoms with Gasteiger partial charge in [0.2, 0.25) is 11.8 Å². The number of amidine groups is 1. The lowest BCUT2D eigenvalue weighted by Gasteiger charge is -2.38. The van der Waals surface area contributed by atoms with Crippen molar-refractivity contribution in [2.24, 2.45) is 22.0 Å². The summed E-state index contributed by atoms with van der Waals surface area (Å²) in [5, 5.41) is 14.4. The lowest BCUT2D eigenvalue weighted by atomic mass is 9.67. The van der Waals surface area contributed by atoms with E-state index in [4.69, 9.17) is 16.7 Å². The van der Waals surface area contributed by atoms with Gasteiger partial charge in [-0.2, -0.15) is 0 Å². The molecule has 0 radical (unpaired) electrons. The van der Waals surface area contributed by atoms with Crippen LogP contribution in [0.25, 0.3) is 0 Å². The molecule has 2 rings (SSSR count). The molecule has 7 heteroatoms. The highest BCUT2D eigenvalue weighted by atomic mass is 16.4. The van der Waals surface area contributed by atoms with Gasteiger partial charge in [-0.05, 0) is 31.0 Å². The Balaban J connectivity index is 2.19. The van der Waals surface area contributed by atoms with Gasteiger partial charge in [-0.25, -0.2) is 0 Å². The van der Waals surface area contributed by atoms with E-state index in [1.165, 1.54) is 6.07 Å². The quantitative estimate of drug-likeness (QED) is 0.278. The molecule has 1 aliphatic rings. The van der Waals surface area contributed by atoms with E-state index in [9.17, 15) is 9.59 Å². The molecule has 106 valence electrons. The van der Waals surface area contributed by atoms with Gasteiger partial charge in [0.25, 0.3) is 0 Å². The molecule has 0 spiro atoms. The van der Waals surface area contributed by atoms with Gasteiger partial charge in [-0.1, -0.05) is 17.6 Å². The fraction of sp³-hybridized carbons (Fsp3) is 0.308. The molecule has 0 bridgehead atoms. The summed E-state index contributed by atoms with van der Waals surface area (Å²) in [6.45, 7) is 0. The normalized spacial score (nSPS) is 17.1. The summed E-state index contributed by atoms with van der Waals surface area (Å²) in [7, 11) is 0. The van der Waals surface area contributed by atoms with Crippen LogP contribution in [-0.2, 0) is 4.79 Å². The number of primary amides is 1. The molecule has 0 atom stereocenters. The van der Waals surface area contributed by atoms with Crippen LogP contribution in [0.5, 0.6) is 0 Å². The minimum atomic E-state index is -0.961. The van der Waals surface area contributed by atoms with E-state index in [1.807, 2.05) is 0 Å². The molecule has 0 saturated heterocycles. The zero-order chi connectivity index (χ0) is 14.8. The van der Waals surface area contributed by atoms with Gasteiger partial charge in [-0.3, -0.25) is 9.59 Å². The predicted octanol–water partition coefficient (Wildman–Crippen LogP) is 0.641. The van der Waals surface area contributed by atoms with Crippen LogP contribution in [0, 0.1) is 5.41 Å². The average Bonchev–Trinajstić information content (AvgIpc) is 2.37. The Kier molecular flexibility index (Phi) is 3.60. The third-order valence-corrected chi connectivity index (χ3v) is 3.64. The molecule has 0 unspecified atom stereocenters. The van der Waals surface area contributed by atoms with Gasteiger partial charge >= 0.3 is 0 Å². The number of carbonyl (C=O) groups is 2. The van der Waals surface area contributed by atoms with E-state index in [2.05, 4.69) is 10.5 Å². The van der Waals surface area contributed by atoms with Crippen molar-refractivity contribution in [3.05, 3.63) is 29.8 Å². The summed E-state index contributed by atoms with van der Waals surface area (Å²) < 4.78 is 0. The van der Waals surface area contributed by atoms with Crippen molar-refractivity contribution in [1.82, 2.24) is 0 Å². The standard InChI is InChI=1S/C13H16N4O3/c14-10(18)8-3-1-4-9(7-8)16-12(19)13(5-2-6-13)11(15)17-20/h1,3-4,7,20H,2,5-6H2,(H2,14,18)(H2,15,17)(H,16,19). The molecule has 1 fully saturated rings. The Bertz CT molecular complexity index is 579. The monoisotopic (exact) mass is 276 g/mol. The van der Waals surface area contributed by atoms with Crippen molar-refractivity contribution >= 4 is 23.3 Å². The van der Waals surface area contributed by atoms with Crippen LogP contribution in [-0.4, -0.2) is 22.9 Å². The first-order chi connectivity index (χ1) is 9.49. The summed E-state index contributed by atoms with van der Waals surface area (Å²) in [4.78, 5) is 23.4. The summed E-state index contributed by atoms with van der Waals surface area (Å²) in [6, 6.07) is 6.30. The molecule has 1 aliphatic carbocycles. The summed E-state index contributed by atoms with van der Waals surface area (Å²) in [6.07, 6.45) is 1.90. The van der Waals surface area contributed by atoms with E-state index in [-0.39, 0.29) is 11.7 Å². The minimum absolute atomic E-state index is 0.0905. The van der Waals surface area contributed by atoms with Crippen molar-refractivity contribution in [2.45, 2.75) is 19.3 Å². The number of amides is 2. The zero-order valence-corrected chi connectivity index (χ0v) is 10.8. The Hall–Kier alpha value is -2.57. The van der Waals surface area contributed by atoms with Gasteiger partial charge in [0.1, 0.15) is 5.41 Å². The molecular weight excluding hydrogens is 260 g/mol. The Morgan fingerprint density at radius 1 is 1.30 bits per heavy atom. The van der Waals surface area contributed by atoms with Gasteiger partial charge in [0, 0.05) is 11.3 Å². The maximum absolute atomic E-state index is 12.3. The van der Waals surface area contributed by atoms with Crippen LogP contribution in [0.3, 0.4) is 0 Å². The zero-order valence-electron chi connectivity index (χ0n) is 10.8. The van der Waals surface area contributed by atoms with Crippen molar-refractivity contribution in [1.29, 1.82) is 0 Å². The SMILES string of the molecule is NC(=O)c1cccc(NC(=O)C2(/C(N)=N/O)CCC2)c1. The molecule has 20 heavy (non-hydrogen) atoms. The molecule has 6 N–H and O–H groups in total. The van der Waals surface area contributed by atoms with Crippen LogP contribution < -0.4 is 16.8 Å². The van der Waals surface area contributed by atoms with Crippen molar-refractivity contribution in [3.63, 3.8) is 0 Å². The molecule has 7 nitrogen and oxygen atoms in total. The smallest absolute Gasteiger partial charge is 0.248 e. The highest BCUT2D eigenvalue weighted by Crippen LogP contribution is 2.42. The van der Waals surface area contributed by atoms with Gasteiger partial charge in [0.05, 0.1) is 0 Å². The molecule has 0 aromatic heterocycles. The highest BCUT2D eigenvalue weighted by Gasteiger charge is 2.48. The fourth-order valence-corrected chi connectivity index (χ4v) is 2.23. The fourth-order valence-electron chi connectivity index (χ4n) is 2.23. The second-order valence-corrected chi connectivity index (χ2v) is 4.82. The van der Waals surface area contributed by atoms with E-state index in [0.717, 1.165) is 6.42 Å². The van der Waals surface area contributed by atoms with Crippen LogP contribution >= 0.6 is 0 Å². The van der Waals surface area contributed by atoms with E-state index in [1.54, 1.807) is 18.2 Å². The average molecular weight is 276 g/mol. The molecule has 2 amide bonds. The van der Waals surface area contributed by atoms with E-state index in [0.29, 0.717) is 24.1 Å². The van der Waals surface area contributed by atoms with Crippen LogP contribution in [0.1, 0.15) is 29.6 Å². The highest BCUT2D eigenvalue weighted by molar-refractivity contribution is 6.12. The van der Waals surface area contributed by atoms with Crippen molar-refractivity contribution in [3.8, 4) is 0 Å². The number of nitrogens with two attached hydrogens (primary N) is 2. The lowest BCUT2D eigenvalue weighted by molar-refractivity contribution is -0.125. The van der Waals surface area contributed by atoms with Gasteiger partial charge in [-0.15, -0.1) is 0 Å². The molecular formula is C13H16N4O3. The van der Waals surface area contributed by atoms with Crippen molar-refractivity contribution < 1.29 is 14.8 Å². The number of rotatable bonds is 4. The van der Waals surface area contributed by atoms with E-state index >= 15 is 0 Å². The second-order valence-electron chi connectivity index (χ2n) is 4.82. The summed E-state index contributed by atoms with van der Waals surface area (Å²) in [5.74, 6) is -1.01. The number of anilines is 1. The van der Waals surface area contributed by atoms with Crippen molar-refractivity contribution in [2.75, 3.05) is 5.32 Å². The first-order valence-electron chi connectivity index (χ1n) is 6.19. The topological polar surface area (TPSA) is 131 Å². The largest absolute Gasteiger partial charge is 0.409 e. The number of oxime groups is 1.